The fraction of sp³-hybridized carbons (Fsp3) is 1.00. The molecule has 1 aliphatic heterocycles. The maximum Gasteiger partial charge on any atom is 0.0550 e. The van der Waals surface area contributed by atoms with Crippen LogP contribution >= 0.6 is 0 Å². The largest absolute Gasteiger partial charge is 0.378 e. The van der Waals surface area contributed by atoms with Crippen molar-refractivity contribution in [2.45, 2.75) is 65.0 Å². The highest BCUT2D eigenvalue weighted by atomic mass is 16.5. The Morgan fingerprint density at radius 2 is 2.13 bits per heavy atom. The van der Waals surface area contributed by atoms with Gasteiger partial charge in [-0.3, -0.25) is 0 Å². The molecule has 0 bridgehead atoms. The second-order valence-corrected chi connectivity index (χ2v) is 4.82. The van der Waals surface area contributed by atoms with Crippen LogP contribution in [0.15, 0.2) is 0 Å². The van der Waals surface area contributed by atoms with Gasteiger partial charge in [0.2, 0.25) is 0 Å². The lowest BCUT2D eigenvalue weighted by atomic mass is 9.86. The van der Waals surface area contributed by atoms with Gasteiger partial charge in [0.15, 0.2) is 0 Å². The Kier molecular flexibility index (Phi) is 6.26. The highest BCUT2D eigenvalue weighted by Crippen LogP contribution is 2.25. The van der Waals surface area contributed by atoms with Crippen molar-refractivity contribution >= 4 is 0 Å². The lowest BCUT2D eigenvalue weighted by Crippen LogP contribution is -2.41. The monoisotopic (exact) mass is 213 g/mol. The molecule has 3 atom stereocenters. The van der Waals surface area contributed by atoms with Crippen molar-refractivity contribution in [1.29, 1.82) is 0 Å². The highest BCUT2D eigenvalue weighted by Gasteiger charge is 2.25. The van der Waals surface area contributed by atoms with Crippen LogP contribution < -0.4 is 5.32 Å². The summed E-state index contributed by atoms with van der Waals surface area (Å²) in [4.78, 5) is 0. The molecule has 0 amide bonds. The molecule has 1 rings (SSSR count). The van der Waals surface area contributed by atoms with E-state index in [4.69, 9.17) is 4.74 Å². The van der Waals surface area contributed by atoms with Crippen LogP contribution in [-0.4, -0.2) is 25.3 Å². The second kappa shape index (κ2) is 7.24. The fourth-order valence-electron chi connectivity index (χ4n) is 2.54. The molecular weight excluding hydrogens is 186 g/mol. The van der Waals surface area contributed by atoms with Gasteiger partial charge < -0.3 is 10.1 Å². The Labute approximate surface area is 94.8 Å². The first-order chi connectivity index (χ1) is 7.27. The zero-order chi connectivity index (χ0) is 11.1. The number of nitrogens with one attached hydrogen (secondary N) is 1. The van der Waals surface area contributed by atoms with Crippen molar-refractivity contribution in [3.63, 3.8) is 0 Å². The smallest absolute Gasteiger partial charge is 0.0550 e. The normalized spacial score (nSPS) is 29.0. The molecule has 0 aliphatic carbocycles. The van der Waals surface area contributed by atoms with Gasteiger partial charge in [-0.25, -0.2) is 0 Å². The maximum absolute atomic E-state index is 5.61. The van der Waals surface area contributed by atoms with Gasteiger partial charge in [-0.1, -0.05) is 20.3 Å². The van der Waals surface area contributed by atoms with Crippen molar-refractivity contribution < 1.29 is 4.74 Å². The lowest BCUT2D eigenvalue weighted by molar-refractivity contribution is -0.00707. The third-order valence-electron chi connectivity index (χ3n) is 3.35. The average Bonchev–Trinajstić information content (AvgIpc) is 2.24. The summed E-state index contributed by atoms with van der Waals surface area (Å²) in [5.74, 6) is 0.834. The zero-order valence-electron chi connectivity index (χ0n) is 10.6. The van der Waals surface area contributed by atoms with E-state index in [1.807, 2.05) is 0 Å². The molecule has 90 valence electrons. The van der Waals surface area contributed by atoms with Crippen LogP contribution in [0.25, 0.3) is 0 Å². The van der Waals surface area contributed by atoms with Crippen molar-refractivity contribution in [3.8, 4) is 0 Å². The molecule has 0 aromatic heterocycles. The van der Waals surface area contributed by atoms with Crippen molar-refractivity contribution in [3.05, 3.63) is 0 Å². The van der Waals surface area contributed by atoms with Crippen LogP contribution in [0, 0.1) is 5.92 Å². The zero-order valence-corrected chi connectivity index (χ0v) is 10.6. The van der Waals surface area contributed by atoms with Gasteiger partial charge in [-0.15, -0.1) is 0 Å². The number of ether oxygens (including phenoxy) is 1. The number of hydrogen-bond acceptors (Lipinski definition) is 2. The van der Waals surface area contributed by atoms with Crippen LogP contribution in [0.2, 0.25) is 0 Å². The molecule has 0 saturated carbocycles. The maximum atomic E-state index is 5.61. The molecule has 1 heterocycles. The Balaban J connectivity index is 2.38. The molecule has 2 heteroatoms. The molecule has 3 unspecified atom stereocenters. The van der Waals surface area contributed by atoms with E-state index >= 15 is 0 Å². The van der Waals surface area contributed by atoms with Gasteiger partial charge in [-0.2, -0.15) is 0 Å². The van der Waals surface area contributed by atoms with Gasteiger partial charge in [0.05, 0.1) is 6.10 Å². The predicted octanol–water partition coefficient (Wildman–Crippen LogP) is 2.97. The summed E-state index contributed by atoms with van der Waals surface area (Å²) >= 11 is 0. The highest BCUT2D eigenvalue weighted by molar-refractivity contribution is 4.80. The first-order valence-electron chi connectivity index (χ1n) is 6.62. The van der Waals surface area contributed by atoms with E-state index in [0.29, 0.717) is 6.10 Å². The standard InChI is InChI=1S/C13H27NO/c1-4-6-13(14-8-5-2)12-7-9-15-11(3)10-12/h11-14H,4-10H2,1-3H3. The van der Waals surface area contributed by atoms with E-state index in [1.54, 1.807) is 0 Å². The Hall–Kier alpha value is -0.0800. The third kappa shape index (κ3) is 4.52. The van der Waals surface area contributed by atoms with E-state index in [0.717, 1.165) is 25.1 Å². The van der Waals surface area contributed by atoms with Gasteiger partial charge >= 0.3 is 0 Å². The lowest BCUT2D eigenvalue weighted by Gasteiger charge is -2.34. The number of rotatable bonds is 6. The topological polar surface area (TPSA) is 21.3 Å². The minimum absolute atomic E-state index is 0.464. The predicted molar refractivity (Wildman–Crippen MR) is 65.1 cm³/mol. The fourth-order valence-corrected chi connectivity index (χ4v) is 2.54. The molecule has 15 heavy (non-hydrogen) atoms. The molecule has 0 radical (unpaired) electrons. The van der Waals surface area contributed by atoms with Crippen molar-refractivity contribution in [2.24, 2.45) is 5.92 Å². The molecular formula is C13H27NO. The Bertz CT molecular complexity index is 161. The third-order valence-corrected chi connectivity index (χ3v) is 3.35. The van der Waals surface area contributed by atoms with Crippen LogP contribution in [0.3, 0.4) is 0 Å². The van der Waals surface area contributed by atoms with E-state index in [1.165, 1.54) is 32.1 Å². The molecule has 1 saturated heterocycles. The SMILES string of the molecule is CCCNC(CCC)C1CCOC(C)C1. The molecule has 1 aliphatic rings. The van der Waals surface area contributed by atoms with Crippen LogP contribution in [-0.2, 0) is 4.74 Å². The van der Waals surface area contributed by atoms with Gasteiger partial charge in [0, 0.05) is 12.6 Å². The molecule has 0 aromatic rings. The Morgan fingerprint density at radius 1 is 1.33 bits per heavy atom. The van der Waals surface area contributed by atoms with E-state index in [9.17, 15) is 0 Å². The summed E-state index contributed by atoms with van der Waals surface area (Å²) in [6.07, 6.45) is 6.78. The quantitative estimate of drug-likeness (QED) is 0.732. The van der Waals surface area contributed by atoms with Crippen molar-refractivity contribution in [2.75, 3.05) is 13.2 Å². The van der Waals surface area contributed by atoms with Crippen LogP contribution in [0.4, 0.5) is 0 Å². The van der Waals surface area contributed by atoms with E-state index in [2.05, 4.69) is 26.1 Å². The average molecular weight is 213 g/mol. The molecule has 0 aromatic carbocycles. The first kappa shape index (κ1) is 13.0. The summed E-state index contributed by atoms with van der Waals surface area (Å²) in [6, 6.07) is 0.723. The van der Waals surface area contributed by atoms with Crippen molar-refractivity contribution in [1.82, 2.24) is 5.32 Å². The second-order valence-electron chi connectivity index (χ2n) is 4.82. The summed E-state index contributed by atoms with van der Waals surface area (Å²) in [5.41, 5.74) is 0. The summed E-state index contributed by atoms with van der Waals surface area (Å²) in [5, 5.41) is 3.71. The first-order valence-corrected chi connectivity index (χ1v) is 6.62. The van der Waals surface area contributed by atoms with Gasteiger partial charge in [0.1, 0.15) is 0 Å². The minimum Gasteiger partial charge on any atom is -0.378 e. The summed E-state index contributed by atoms with van der Waals surface area (Å²) < 4.78 is 5.61. The van der Waals surface area contributed by atoms with Crippen LogP contribution in [0.1, 0.15) is 52.9 Å². The van der Waals surface area contributed by atoms with Crippen LogP contribution in [0.5, 0.6) is 0 Å². The van der Waals surface area contributed by atoms with Gasteiger partial charge in [-0.05, 0) is 45.1 Å². The van der Waals surface area contributed by atoms with E-state index < -0.39 is 0 Å². The van der Waals surface area contributed by atoms with Gasteiger partial charge in [0.25, 0.3) is 0 Å². The molecule has 2 nitrogen and oxygen atoms in total. The summed E-state index contributed by atoms with van der Waals surface area (Å²) in [7, 11) is 0. The molecule has 1 N–H and O–H groups in total. The molecule has 1 fully saturated rings. The molecule has 0 spiro atoms. The minimum atomic E-state index is 0.464. The van der Waals surface area contributed by atoms with E-state index in [-0.39, 0.29) is 0 Å². The number of hydrogen-bond donors (Lipinski definition) is 1. The Morgan fingerprint density at radius 3 is 2.73 bits per heavy atom. The summed E-state index contributed by atoms with van der Waals surface area (Å²) in [6.45, 7) is 8.84.